The fraction of sp³-hybridized carbons (Fsp3) is 0.409. The van der Waals surface area contributed by atoms with E-state index < -0.39 is 0 Å². The third-order valence-electron chi connectivity index (χ3n) is 5.78. The Hall–Kier alpha value is -3.04. The second-order valence-electron chi connectivity index (χ2n) is 7.58. The van der Waals surface area contributed by atoms with Gasteiger partial charge in [-0.05, 0) is 59.0 Å². The first-order valence-corrected chi connectivity index (χ1v) is 10.4. The summed E-state index contributed by atoms with van der Waals surface area (Å²) in [5.74, 6) is 1.43. The van der Waals surface area contributed by atoms with Crippen LogP contribution in [0, 0.1) is 5.82 Å². The minimum atomic E-state index is -0.213. The Labute approximate surface area is 181 Å². The van der Waals surface area contributed by atoms with Gasteiger partial charge in [0.05, 0.1) is 46.4 Å². The number of tetrazole rings is 1. The molecular formula is C22H28FN6O2+. The topological polar surface area (TPSA) is 69.7 Å². The highest BCUT2D eigenvalue weighted by Gasteiger charge is 2.34. The number of hydrogen-bond acceptors (Lipinski definition) is 6. The summed E-state index contributed by atoms with van der Waals surface area (Å²) in [6.45, 7) is 4.69. The molecule has 0 aliphatic carbocycles. The maximum absolute atomic E-state index is 13.3. The first kappa shape index (κ1) is 21.2. The molecule has 1 aromatic heterocycles. The molecule has 0 unspecified atom stereocenters. The lowest BCUT2D eigenvalue weighted by Gasteiger charge is -2.37. The summed E-state index contributed by atoms with van der Waals surface area (Å²) in [5.41, 5.74) is 2.19. The highest BCUT2D eigenvalue weighted by molar-refractivity contribution is 5.46. The second kappa shape index (κ2) is 9.84. The van der Waals surface area contributed by atoms with Gasteiger partial charge < -0.3 is 19.3 Å². The minimum Gasteiger partial charge on any atom is -0.497 e. The summed E-state index contributed by atoms with van der Waals surface area (Å²) in [7, 11) is 3.34. The van der Waals surface area contributed by atoms with Crippen molar-refractivity contribution in [1.82, 2.24) is 20.2 Å². The molecule has 1 atom stereocenters. The average Bonchev–Trinajstić information content (AvgIpc) is 3.27. The van der Waals surface area contributed by atoms with Gasteiger partial charge >= 0.3 is 0 Å². The number of nitrogens with one attached hydrogen (secondary N) is 1. The van der Waals surface area contributed by atoms with Gasteiger partial charge in [-0.15, -0.1) is 5.10 Å². The van der Waals surface area contributed by atoms with Crippen LogP contribution < -0.4 is 14.5 Å². The van der Waals surface area contributed by atoms with E-state index in [4.69, 9.17) is 9.47 Å². The van der Waals surface area contributed by atoms with E-state index in [9.17, 15) is 4.39 Å². The number of benzene rings is 2. The molecule has 2 aromatic carbocycles. The van der Waals surface area contributed by atoms with Crippen LogP contribution in [0.2, 0.25) is 0 Å². The number of aromatic nitrogens is 4. The van der Waals surface area contributed by atoms with E-state index in [2.05, 4.69) is 32.6 Å². The Morgan fingerprint density at radius 1 is 1.03 bits per heavy atom. The van der Waals surface area contributed by atoms with Gasteiger partial charge in [0.15, 0.2) is 6.04 Å². The van der Waals surface area contributed by atoms with Gasteiger partial charge in [0.1, 0.15) is 11.6 Å². The van der Waals surface area contributed by atoms with Gasteiger partial charge in [-0.1, -0.05) is 0 Å². The Balaban J connectivity index is 1.57. The molecule has 9 heteroatoms. The Bertz CT molecular complexity index is 955. The summed E-state index contributed by atoms with van der Waals surface area (Å²) in [6, 6.07) is 14.8. The number of hydrogen-bond donors (Lipinski definition) is 1. The molecule has 8 nitrogen and oxygen atoms in total. The number of anilines is 1. The summed E-state index contributed by atoms with van der Waals surface area (Å²) < 4.78 is 25.7. The van der Waals surface area contributed by atoms with Crippen molar-refractivity contribution < 1.29 is 18.8 Å². The van der Waals surface area contributed by atoms with E-state index in [0.717, 1.165) is 49.0 Å². The zero-order valence-corrected chi connectivity index (χ0v) is 17.9. The van der Waals surface area contributed by atoms with Crippen LogP contribution in [0.1, 0.15) is 17.4 Å². The molecular weight excluding hydrogens is 399 g/mol. The number of rotatable bonds is 8. The van der Waals surface area contributed by atoms with Crippen molar-refractivity contribution in [2.24, 2.45) is 0 Å². The van der Waals surface area contributed by atoms with Crippen molar-refractivity contribution in [2.45, 2.75) is 12.6 Å². The molecule has 4 rings (SSSR count). The zero-order chi connectivity index (χ0) is 21.6. The largest absolute Gasteiger partial charge is 0.497 e. The van der Waals surface area contributed by atoms with Gasteiger partial charge in [0.2, 0.25) is 5.82 Å². The average molecular weight is 428 g/mol. The lowest BCUT2D eigenvalue weighted by molar-refractivity contribution is -0.927. The number of piperazine rings is 1. The molecule has 2 heterocycles. The molecule has 0 bridgehead atoms. The normalized spacial score (nSPS) is 15.8. The SMILES string of the molecule is COCCn1nnnc1[C@@H](c1ccc(OC)cc1)[NH+]1CCN(c2ccc(F)cc2)CC1. The summed E-state index contributed by atoms with van der Waals surface area (Å²) >= 11 is 0. The number of methoxy groups -OCH3 is 2. The molecule has 1 saturated heterocycles. The minimum absolute atomic E-state index is 0.00636. The molecule has 0 spiro atoms. The standard InChI is InChI=1S/C22H27FN6O2/c1-30-16-15-29-22(24-25-26-29)21(17-3-9-20(31-2)10-4-17)28-13-11-27(12-14-28)19-7-5-18(23)6-8-19/h3-10,21H,11-16H2,1-2H3/p+1/t21-/m1/s1. The third-order valence-corrected chi connectivity index (χ3v) is 5.78. The van der Waals surface area contributed by atoms with Crippen LogP contribution in [-0.4, -0.2) is 67.2 Å². The van der Waals surface area contributed by atoms with Gasteiger partial charge in [0, 0.05) is 18.4 Å². The van der Waals surface area contributed by atoms with Crippen LogP contribution in [0.3, 0.4) is 0 Å². The van der Waals surface area contributed by atoms with Crippen molar-refractivity contribution in [3.05, 3.63) is 65.7 Å². The van der Waals surface area contributed by atoms with E-state index >= 15 is 0 Å². The molecule has 0 radical (unpaired) electrons. The fourth-order valence-corrected chi connectivity index (χ4v) is 4.11. The highest BCUT2D eigenvalue weighted by Crippen LogP contribution is 2.21. The Morgan fingerprint density at radius 2 is 1.74 bits per heavy atom. The van der Waals surface area contributed by atoms with Gasteiger partial charge in [-0.3, -0.25) is 0 Å². The van der Waals surface area contributed by atoms with Gasteiger partial charge in [-0.2, -0.15) is 0 Å². The predicted molar refractivity (Wildman–Crippen MR) is 114 cm³/mol. The summed E-state index contributed by atoms with van der Waals surface area (Å²) in [4.78, 5) is 3.68. The lowest BCUT2D eigenvalue weighted by Crippen LogP contribution is -3.15. The molecule has 1 aliphatic heterocycles. The molecule has 0 saturated carbocycles. The number of halogens is 1. The van der Waals surface area contributed by atoms with Crippen molar-refractivity contribution in [3.63, 3.8) is 0 Å². The van der Waals surface area contributed by atoms with Crippen LogP contribution >= 0.6 is 0 Å². The quantitative estimate of drug-likeness (QED) is 0.578. The molecule has 3 aromatic rings. The molecule has 31 heavy (non-hydrogen) atoms. The molecule has 1 fully saturated rings. The predicted octanol–water partition coefficient (Wildman–Crippen LogP) is 0.962. The van der Waals surface area contributed by atoms with E-state index in [0.29, 0.717) is 13.2 Å². The summed E-state index contributed by atoms with van der Waals surface area (Å²) in [5, 5.41) is 12.5. The maximum atomic E-state index is 13.3. The Morgan fingerprint density at radius 3 is 2.39 bits per heavy atom. The number of nitrogens with zero attached hydrogens (tertiary/aromatic N) is 5. The van der Waals surface area contributed by atoms with Gasteiger partial charge in [0.25, 0.3) is 0 Å². The molecule has 1 N–H and O–H groups in total. The smallest absolute Gasteiger partial charge is 0.214 e. The van der Waals surface area contributed by atoms with Crippen molar-refractivity contribution >= 4 is 5.69 Å². The van der Waals surface area contributed by atoms with E-state index in [1.165, 1.54) is 17.0 Å². The fourth-order valence-electron chi connectivity index (χ4n) is 4.11. The van der Waals surface area contributed by atoms with Crippen molar-refractivity contribution in [2.75, 3.05) is 51.9 Å². The lowest BCUT2D eigenvalue weighted by atomic mass is 10.0. The number of quaternary nitrogens is 1. The maximum Gasteiger partial charge on any atom is 0.214 e. The van der Waals surface area contributed by atoms with E-state index in [1.807, 2.05) is 28.9 Å². The van der Waals surface area contributed by atoms with Gasteiger partial charge in [-0.25, -0.2) is 9.07 Å². The van der Waals surface area contributed by atoms with E-state index in [-0.39, 0.29) is 11.9 Å². The first-order chi connectivity index (χ1) is 15.2. The zero-order valence-electron chi connectivity index (χ0n) is 17.9. The van der Waals surface area contributed by atoms with Crippen LogP contribution in [0.5, 0.6) is 5.75 Å². The third kappa shape index (κ3) is 4.83. The highest BCUT2D eigenvalue weighted by atomic mass is 19.1. The van der Waals surface area contributed by atoms with Crippen LogP contribution in [0.25, 0.3) is 0 Å². The molecule has 1 aliphatic rings. The van der Waals surface area contributed by atoms with Crippen molar-refractivity contribution in [3.8, 4) is 5.75 Å². The second-order valence-corrected chi connectivity index (χ2v) is 7.58. The molecule has 0 amide bonds. The van der Waals surface area contributed by atoms with Crippen LogP contribution in [0.15, 0.2) is 48.5 Å². The first-order valence-electron chi connectivity index (χ1n) is 10.4. The summed E-state index contributed by atoms with van der Waals surface area (Å²) in [6.07, 6.45) is 0. The van der Waals surface area contributed by atoms with Crippen LogP contribution in [-0.2, 0) is 11.3 Å². The van der Waals surface area contributed by atoms with Crippen molar-refractivity contribution in [1.29, 1.82) is 0 Å². The Kier molecular flexibility index (Phi) is 6.73. The monoisotopic (exact) mass is 427 g/mol. The molecule has 164 valence electrons. The number of ether oxygens (including phenoxy) is 2. The van der Waals surface area contributed by atoms with E-state index in [1.54, 1.807) is 14.2 Å². The van der Waals surface area contributed by atoms with Crippen LogP contribution in [0.4, 0.5) is 10.1 Å².